The highest BCUT2D eigenvalue weighted by atomic mass is 32.1. The van der Waals surface area contributed by atoms with Gasteiger partial charge in [-0.1, -0.05) is 18.2 Å². The van der Waals surface area contributed by atoms with Gasteiger partial charge in [-0.25, -0.2) is 4.98 Å². The number of nitrogens with one attached hydrogen (secondary N) is 1. The number of rotatable bonds is 4. The van der Waals surface area contributed by atoms with Crippen molar-refractivity contribution in [3.63, 3.8) is 0 Å². The molecule has 0 aliphatic rings. The summed E-state index contributed by atoms with van der Waals surface area (Å²) in [7, 11) is 0. The van der Waals surface area contributed by atoms with Crippen LogP contribution in [0.1, 0.15) is 16.8 Å². The molecule has 3 rings (SSSR count). The van der Waals surface area contributed by atoms with E-state index in [1.807, 2.05) is 31.2 Å². The van der Waals surface area contributed by atoms with Gasteiger partial charge in [-0.3, -0.25) is 4.79 Å². The van der Waals surface area contributed by atoms with Crippen molar-refractivity contribution in [2.75, 3.05) is 5.32 Å². The molecule has 0 saturated heterocycles. The minimum Gasteiger partial charge on any atom is -0.331 e. The van der Waals surface area contributed by atoms with Crippen molar-refractivity contribution in [2.45, 2.75) is 19.6 Å². The number of para-hydroxylation sites is 1. The van der Waals surface area contributed by atoms with Gasteiger partial charge in [0.05, 0.1) is 17.8 Å². The molecule has 4 nitrogen and oxygen atoms in total. The molecule has 1 N–H and O–H groups in total. The van der Waals surface area contributed by atoms with Crippen molar-refractivity contribution < 1.29 is 13.2 Å². The van der Waals surface area contributed by atoms with Crippen LogP contribution in [-0.2, 0) is 12.7 Å². The van der Waals surface area contributed by atoms with E-state index >= 15 is 0 Å². The molecule has 0 bridgehead atoms. The fraction of sp³-hybridized carbons (Fsp3) is 0.176. The molecule has 130 valence electrons. The molecule has 0 unspecified atom stereocenters. The molecule has 8 heteroatoms. The van der Waals surface area contributed by atoms with Gasteiger partial charge in [0.25, 0.3) is 5.56 Å². The summed E-state index contributed by atoms with van der Waals surface area (Å²) in [5, 5.41) is 5.50. The lowest BCUT2D eigenvalue weighted by Gasteiger charge is -2.09. The van der Waals surface area contributed by atoms with Gasteiger partial charge in [0.1, 0.15) is 0 Å². The summed E-state index contributed by atoms with van der Waals surface area (Å²) in [6.07, 6.45) is -3.68. The molecular weight excluding hydrogens is 351 g/mol. The minimum atomic E-state index is -4.49. The van der Waals surface area contributed by atoms with Crippen LogP contribution in [0.5, 0.6) is 0 Å². The maximum absolute atomic E-state index is 12.8. The fourth-order valence-corrected chi connectivity index (χ4v) is 2.98. The predicted molar refractivity (Wildman–Crippen MR) is 91.4 cm³/mol. The van der Waals surface area contributed by atoms with E-state index in [2.05, 4.69) is 10.3 Å². The molecule has 3 aromatic rings. The highest BCUT2D eigenvalue weighted by Gasteiger charge is 2.31. The Balaban J connectivity index is 1.80. The Labute approximate surface area is 145 Å². The van der Waals surface area contributed by atoms with Gasteiger partial charge in [0.15, 0.2) is 5.13 Å². The second kappa shape index (κ2) is 6.72. The first kappa shape index (κ1) is 17.2. The zero-order valence-electron chi connectivity index (χ0n) is 13.2. The van der Waals surface area contributed by atoms with E-state index in [4.69, 9.17) is 0 Å². The number of hydrogen-bond acceptors (Lipinski definition) is 4. The lowest BCUT2D eigenvalue weighted by atomic mass is 10.2. The smallest absolute Gasteiger partial charge is 0.331 e. The van der Waals surface area contributed by atoms with Crippen molar-refractivity contribution >= 4 is 22.2 Å². The zero-order valence-corrected chi connectivity index (χ0v) is 14.0. The van der Waals surface area contributed by atoms with E-state index in [-0.39, 0.29) is 6.54 Å². The molecule has 0 aliphatic heterocycles. The molecule has 0 spiro atoms. The number of aryl methyl sites for hydroxylation is 1. The third-order valence-corrected chi connectivity index (χ3v) is 4.39. The molecular formula is C17H14F3N3OS. The first-order valence-corrected chi connectivity index (χ1v) is 8.25. The summed E-state index contributed by atoms with van der Waals surface area (Å²) in [4.78, 5) is 16.1. The number of halogens is 3. The van der Waals surface area contributed by atoms with Gasteiger partial charge in [-0.15, -0.1) is 11.3 Å². The summed E-state index contributed by atoms with van der Waals surface area (Å²) in [5.74, 6) is 0. The molecule has 0 atom stereocenters. The van der Waals surface area contributed by atoms with Crippen LogP contribution in [-0.4, -0.2) is 9.55 Å². The summed E-state index contributed by atoms with van der Waals surface area (Å²) in [5.41, 5.74) is 1.10. The van der Waals surface area contributed by atoms with Crippen LogP contribution in [0, 0.1) is 6.92 Å². The number of alkyl halides is 3. The second-order valence-corrected chi connectivity index (χ2v) is 6.32. The maximum atomic E-state index is 12.8. The topological polar surface area (TPSA) is 46.9 Å². The van der Waals surface area contributed by atoms with E-state index < -0.39 is 17.3 Å². The maximum Gasteiger partial charge on any atom is 0.417 e. The predicted octanol–water partition coefficient (Wildman–Crippen LogP) is 4.42. The quantitative estimate of drug-likeness (QED) is 0.744. The van der Waals surface area contributed by atoms with Crippen LogP contribution in [0.2, 0.25) is 0 Å². The fourth-order valence-electron chi connectivity index (χ4n) is 2.26. The molecule has 0 aliphatic carbocycles. The molecule has 25 heavy (non-hydrogen) atoms. The molecule has 0 fully saturated rings. The lowest BCUT2D eigenvalue weighted by Crippen LogP contribution is -2.22. The Hall–Kier alpha value is -2.61. The van der Waals surface area contributed by atoms with E-state index in [1.165, 1.54) is 11.3 Å². The molecule has 0 amide bonds. The van der Waals surface area contributed by atoms with Crippen LogP contribution in [0.25, 0.3) is 0 Å². The van der Waals surface area contributed by atoms with Crippen LogP contribution in [0.4, 0.5) is 24.0 Å². The molecule has 2 aromatic heterocycles. The van der Waals surface area contributed by atoms with Crippen molar-refractivity contribution in [1.29, 1.82) is 0 Å². The van der Waals surface area contributed by atoms with Crippen molar-refractivity contribution in [3.8, 4) is 0 Å². The second-order valence-electron chi connectivity index (χ2n) is 5.47. The van der Waals surface area contributed by atoms with Crippen molar-refractivity contribution in [2.24, 2.45) is 0 Å². The number of thiazole rings is 1. The number of benzene rings is 1. The molecule has 1 aromatic carbocycles. The largest absolute Gasteiger partial charge is 0.417 e. The standard InChI is InChI=1S/C17H14F3N3OS/c1-11-4-2-3-5-14(11)22-16-21-13(10-25-16)9-23-8-12(17(18,19)20)6-7-15(23)24/h2-8,10H,9H2,1H3,(H,21,22). The Bertz CT molecular complexity index is 947. The lowest BCUT2D eigenvalue weighted by molar-refractivity contribution is -0.138. The number of hydrogen-bond donors (Lipinski definition) is 1. The Morgan fingerprint density at radius 2 is 1.96 bits per heavy atom. The molecule has 0 radical (unpaired) electrons. The number of anilines is 2. The van der Waals surface area contributed by atoms with E-state index in [0.717, 1.165) is 34.1 Å². The van der Waals surface area contributed by atoms with Crippen LogP contribution < -0.4 is 10.9 Å². The van der Waals surface area contributed by atoms with Gasteiger partial charge in [0, 0.05) is 23.3 Å². The van der Waals surface area contributed by atoms with Gasteiger partial charge >= 0.3 is 6.18 Å². The summed E-state index contributed by atoms with van der Waals surface area (Å²) < 4.78 is 39.4. The number of aromatic nitrogens is 2. The average molecular weight is 365 g/mol. The van der Waals surface area contributed by atoms with Crippen LogP contribution >= 0.6 is 11.3 Å². The zero-order chi connectivity index (χ0) is 18.0. The van der Waals surface area contributed by atoms with Gasteiger partial charge < -0.3 is 9.88 Å². The third kappa shape index (κ3) is 4.08. The van der Waals surface area contributed by atoms with Crippen LogP contribution in [0.15, 0.2) is 52.8 Å². The van der Waals surface area contributed by atoms with E-state index in [1.54, 1.807) is 5.38 Å². The first-order chi connectivity index (χ1) is 11.8. The Morgan fingerprint density at radius 3 is 2.68 bits per heavy atom. The number of pyridine rings is 1. The van der Waals surface area contributed by atoms with E-state index in [9.17, 15) is 18.0 Å². The number of nitrogens with zero attached hydrogens (tertiary/aromatic N) is 2. The summed E-state index contributed by atoms with van der Waals surface area (Å²) >= 11 is 1.33. The SMILES string of the molecule is Cc1ccccc1Nc1nc(Cn2cc(C(F)(F)F)ccc2=O)cs1. The van der Waals surface area contributed by atoms with E-state index in [0.29, 0.717) is 10.8 Å². The summed E-state index contributed by atoms with van der Waals surface area (Å²) in [6.45, 7) is 1.94. The molecule has 2 heterocycles. The van der Waals surface area contributed by atoms with Gasteiger partial charge in [0.2, 0.25) is 0 Å². The monoisotopic (exact) mass is 365 g/mol. The van der Waals surface area contributed by atoms with Crippen molar-refractivity contribution in [1.82, 2.24) is 9.55 Å². The van der Waals surface area contributed by atoms with Gasteiger partial charge in [-0.05, 0) is 24.6 Å². The minimum absolute atomic E-state index is 0.0191. The normalized spacial score (nSPS) is 11.5. The van der Waals surface area contributed by atoms with Crippen LogP contribution in [0.3, 0.4) is 0 Å². The third-order valence-electron chi connectivity index (χ3n) is 3.58. The Morgan fingerprint density at radius 1 is 1.20 bits per heavy atom. The highest BCUT2D eigenvalue weighted by Crippen LogP contribution is 2.28. The molecule has 0 saturated carbocycles. The Kier molecular flexibility index (Phi) is 4.63. The average Bonchev–Trinajstić information content (AvgIpc) is 2.98. The van der Waals surface area contributed by atoms with Crippen molar-refractivity contribution in [3.05, 3.63) is 75.1 Å². The van der Waals surface area contributed by atoms with Gasteiger partial charge in [-0.2, -0.15) is 13.2 Å². The highest BCUT2D eigenvalue weighted by molar-refractivity contribution is 7.13. The summed E-state index contributed by atoms with van der Waals surface area (Å²) in [6, 6.07) is 9.39. The first-order valence-electron chi connectivity index (χ1n) is 7.38.